The Bertz CT molecular complexity index is 619. The van der Waals surface area contributed by atoms with Crippen molar-refractivity contribution in [3.63, 3.8) is 0 Å². The predicted molar refractivity (Wildman–Crippen MR) is 78.7 cm³/mol. The fraction of sp³-hybridized carbons (Fsp3) is 0.375. The third-order valence-electron chi connectivity index (χ3n) is 3.94. The van der Waals surface area contributed by atoms with Crippen LogP contribution in [0.5, 0.6) is 0 Å². The molecule has 1 aliphatic rings. The van der Waals surface area contributed by atoms with Gasteiger partial charge in [0, 0.05) is 18.5 Å². The number of ether oxygens (including phenoxy) is 1. The summed E-state index contributed by atoms with van der Waals surface area (Å²) in [5.74, 6) is 0.944. The highest BCUT2D eigenvalue weighted by Crippen LogP contribution is 2.24. The van der Waals surface area contributed by atoms with Crippen LogP contribution in [-0.2, 0) is 9.53 Å². The van der Waals surface area contributed by atoms with Crippen LogP contribution >= 0.6 is 0 Å². The lowest BCUT2D eigenvalue weighted by molar-refractivity contribution is -0.146. The van der Waals surface area contributed by atoms with Crippen molar-refractivity contribution < 1.29 is 9.53 Å². The Morgan fingerprint density at radius 3 is 2.70 bits per heavy atom. The minimum atomic E-state index is -0.0869. The molecule has 3 rings (SSSR count). The minimum Gasteiger partial charge on any atom is -0.469 e. The second-order valence-electron chi connectivity index (χ2n) is 5.15. The van der Waals surface area contributed by atoms with Crippen LogP contribution in [-0.4, -0.2) is 31.2 Å². The zero-order valence-corrected chi connectivity index (χ0v) is 11.6. The molecule has 20 heavy (non-hydrogen) atoms. The van der Waals surface area contributed by atoms with E-state index >= 15 is 0 Å². The van der Waals surface area contributed by atoms with Crippen LogP contribution in [0.1, 0.15) is 12.8 Å². The molecular formula is C16H18N2O2. The number of benzene rings is 1. The number of piperidine rings is 1. The van der Waals surface area contributed by atoms with E-state index in [0.29, 0.717) is 0 Å². The Morgan fingerprint density at radius 1 is 1.20 bits per heavy atom. The first kappa shape index (κ1) is 12.9. The lowest BCUT2D eigenvalue weighted by atomic mass is 9.97. The monoisotopic (exact) mass is 270 g/mol. The lowest BCUT2D eigenvalue weighted by Crippen LogP contribution is -2.37. The summed E-state index contributed by atoms with van der Waals surface area (Å²) in [5.41, 5.74) is 1.01. The largest absolute Gasteiger partial charge is 0.469 e. The van der Waals surface area contributed by atoms with E-state index in [-0.39, 0.29) is 11.9 Å². The van der Waals surface area contributed by atoms with Gasteiger partial charge in [0.15, 0.2) is 0 Å². The number of nitrogens with zero attached hydrogens (tertiary/aromatic N) is 2. The first-order valence-corrected chi connectivity index (χ1v) is 6.96. The molecule has 1 aliphatic heterocycles. The summed E-state index contributed by atoms with van der Waals surface area (Å²) in [7, 11) is 1.46. The summed E-state index contributed by atoms with van der Waals surface area (Å²) in [4.78, 5) is 18.5. The zero-order chi connectivity index (χ0) is 13.9. The number of fused-ring (bicyclic) bond motifs is 1. The number of hydrogen-bond acceptors (Lipinski definition) is 4. The number of pyridine rings is 1. The van der Waals surface area contributed by atoms with Crippen LogP contribution < -0.4 is 4.90 Å². The van der Waals surface area contributed by atoms with Crippen LogP contribution in [0.15, 0.2) is 36.4 Å². The van der Waals surface area contributed by atoms with Crippen molar-refractivity contribution in [2.75, 3.05) is 25.1 Å². The normalized spacial score (nSPS) is 16.4. The van der Waals surface area contributed by atoms with E-state index in [1.54, 1.807) is 0 Å². The smallest absolute Gasteiger partial charge is 0.308 e. The van der Waals surface area contributed by atoms with E-state index in [2.05, 4.69) is 23.1 Å². The first-order valence-electron chi connectivity index (χ1n) is 6.96. The number of rotatable bonds is 2. The van der Waals surface area contributed by atoms with Gasteiger partial charge in [-0.15, -0.1) is 0 Å². The number of carbonyl (C=O) groups excluding carboxylic acids is 1. The summed E-state index contributed by atoms with van der Waals surface area (Å²) in [5, 5.41) is 1.15. The molecule has 0 bridgehead atoms. The number of aromatic nitrogens is 1. The molecule has 4 nitrogen and oxygen atoms in total. The van der Waals surface area contributed by atoms with Gasteiger partial charge < -0.3 is 9.64 Å². The maximum atomic E-state index is 11.5. The van der Waals surface area contributed by atoms with Crippen molar-refractivity contribution in [1.82, 2.24) is 4.98 Å². The third-order valence-corrected chi connectivity index (χ3v) is 3.94. The van der Waals surface area contributed by atoms with Crippen molar-refractivity contribution in [3.8, 4) is 0 Å². The fourth-order valence-electron chi connectivity index (χ4n) is 2.74. The quantitative estimate of drug-likeness (QED) is 0.787. The van der Waals surface area contributed by atoms with Gasteiger partial charge in [0.1, 0.15) is 5.82 Å². The van der Waals surface area contributed by atoms with Crippen LogP contribution in [0, 0.1) is 5.92 Å². The molecular weight excluding hydrogens is 252 g/mol. The maximum absolute atomic E-state index is 11.5. The second kappa shape index (κ2) is 5.49. The van der Waals surface area contributed by atoms with Gasteiger partial charge in [-0.3, -0.25) is 4.79 Å². The highest BCUT2D eigenvalue weighted by molar-refractivity contribution is 5.80. The average molecular weight is 270 g/mol. The summed E-state index contributed by atoms with van der Waals surface area (Å²) < 4.78 is 4.82. The Balaban J connectivity index is 1.75. The molecule has 0 amide bonds. The Kier molecular flexibility index (Phi) is 3.54. The lowest BCUT2D eigenvalue weighted by Gasteiger charge is -2.31. The Labute approximate surface area is 118 Å². The van der Waals surface area contributed by atoms with Gasteiger partial charge in [-0.05, 0) is 31.0 Å². The van der Waals surface area contributed by atoms with Crippen LogP contribution in [0.4, 0.5) is 5.82 Å². The van der Waals surface area contributed by atoms with Gasteiger partial charge in [0.25, 0.3) is 0 Å². The summed E-state index contributed by atoms with van der Waals surface area (Å²) >= 11 is 0. The van der Waals surface area contributed by atoms with Gasteiger partial charge >= 0.3 is 5.97 Å². The zero-order valence-electron chi connectivity index (χ0n) is 11.6. The number of carbonyl (C=O) groups is 1. The summed E-state index contributed by atoms with van der Waals surface area (Å²) in [6, 6.07) is 12.3. The summed E-state index contributed by atoms with van der Waals surface area (Å²) in [6.07, 6.45) is 1.67. The minimum absolute atomic E-state index is 0.0386. The second-order valence-corrected chi connectivity index (χ2v) is 5.15. The topological polar surface area (TPSA) is 42.4 Å². The highest BCUT2D eigenvalue weighted by atomic mass is 16.5. The first-order chi connectivity index (χ1) is 9.78. The predicted octanol–water partition coefficient (Wildman–Crippen LogP) is 2.62. The Morgan fingerprint density at radius 2 is 1.95 bits per heavy atom. The van der Waals surface area contributed by atoms with Crippen molar-refractivity contribution in [3.05, 3.63) is 36.4 Å². The van der Waals surface area contributed by atoms with E-state index in [1.807, 2.05) is 18.2 Å². The van der Waals surface area contributed by atoms with E-state index in [9.17, 15) is 4.79 Å². The molecule has 0 unspecified atom stereocenters. The molecule has 1 aromatic heterocycles. The molecule has 104 valence electrons. The van der Waals surface area contributed by atoms with Gasteiger partial charge in [0.05, 0.1) is 18.5 Å². The third kappa shape index (κ3) is 2.46. The maximum Gasteiger partial charge on any atom is 0.308 e. The van der Waals surface area contributed by atoms with Gasteiger partial charge in [-0.1, -0.05) is 18.2 Å². The molecule has 2 heterocycles. The van der Waals surface area contributed by atoms with Crippen molar-refractivity contribution in [2.45, 2.75) is 12.8 Å². The van der Waals surface area contributed by atoms with E-state index < -0.39 is 0 Å². The van der Waals surface area contributed by atoms with Crippen molar-refractivity contribution in [2.24, 2.45) is 5.92 Å². The number of esters is 1. The van der Waals surface area contributed by atoms with Crippen LogP contribution in [0.2, 0.25) is 0 Å². The molecule has 2 aromatic rings. The van der Waals surface area contributed by atoms with Gasteiger partial charge in [0.2, 0.25) is 0 Å². The standard InChI is InChI=1S/C16H18N2O2/c1-20-16(19)13-8-10-18(11-9-13)15-7-6-12-4-2-3-5-14(12)17-15/h2-7,13H,8-11H2,1H3. The molecule has 4 heteroatoms. The molecule has 1 aromatic carbocycles. The van der Waals surface area contributed by atoms with Crippen molar-refractivity contribution >= 4 is 22.7 Å². The molecule has 1 saturated heterocycles. The van der Waals surface area contributed by atoms with E-state index in [0.717, 1.165) is 42.7 Å². The highest BCUT2D eigenvalue weighted by Gasteiger charge is 2.26. The molecule has 0 aliphatic carbocycles. The number of para-hydroxylation sites is 1. The Hall–Kier alpha value is -2.10. The molecule has 0 atom stereocenters. The van der Waals surface area contributed by atoms with E-state index in [1.165, 1.54) is 7.11 Å². The molecule has 1 fully saturated rings. The van der Waals surface area contributed by atoms with Crippen molar-refractivity contribution in [1.29, 1.82) is 0 Å². The molecule has 0 N–H and O–H groups in total. The van der Waals surface area contributed by atoms with Crippen LogP contribution in [0.3, 0.4) is 0 Å². The van der Waals surface area contributed by atoms with Crippen LogP contribution in [0.25, 0.3) is 10.9 Å². The SMILES string of the molecule is COC(=O)C1CCN(c2ccc3ccccc3n2)CC1. The average Bonchev–Trinajstić information content (AvgIpc) is 2.54. The molecule has 0 saturated carbocycles. The molecule has 0 radical (unpaired) electrons. The number of methoxy groups -OCH3 is 1. The summed E-state index contributed by atoms with van der Waals surface area (Å²) in [6.45, 7) is 1.70. The van der Waals surface area contributed by atoms with E-state index in [4.69, 9.17) is 9.72 Å². The fourth-order valence-corrected chi connectivity index (χ4v) is 2.74. The van der Waals surface area contributed by atoms with Gasteiger partial charge in [-0.2, -0.15) is 0 Å². The van der Waals surface area contributed by atoms with Gasteiger partial charge in [-0.25, -0.2) is 4.98 Å². The number of hydrogen-bond donors (Lipinski definition) is 0. The molecule has 0 spiro atoms. The number of anilines is 1.